The molecule has 2 rings (SSSR count). The second-order valence-corrected chi connectivity index (χ2v) is 6.60. The molecule has 5 nitrogen and oxygen atoms in total. The minimum atomic E-state index is -0.0211. The summed E-state index contributed by atoms with van der Waals surface area (Å²) in [6.45, 7) is 9.52. The third kappa shape index (κ3) is 5.19. The van der Waals surface area contributed by atoms with Crippen molar-refractivity contribution >= 4 is 6.03 Å². The van der Waals surface area contributed by atoms with E-state index in [2.05, 4.69) is 30.0 Å². The smallest absolute Gasteiger partial charge is 0.318 e. The van der Waals surface area contributed by atoms with E-state index in [0.29, 0.717) is 18.8 Å². The van der Waals surface area contributed by atoms with Gasteiger partial charge in [0.2, 0.25) is 0 Å². The second kappa shape index (κ2) is 8.40. The van der Waals surface area contributed by atoms with Crippen molar-refractivity contribution in [1.82, 2.24) is 15.1 Å². The van der Waals surface area contributed by atoms with Gasteiger partial charge in [0.25, 0.3) is 0 Å². The summed E-state index contributed by atoms with van der Waals surface area (Å²) in [6.07, 6.45) is 9.25. The van der Waals surface area contributed by atoms with Crippen molar-refractivity contribution in [2.75, 3.05) is 39.3 Å². The normalized spacial score (nSPS) is 27.4. The van der Waals surface area contributed by atoms with E-state index >= 15 is 0 Å². The van der Waals surface area contributed by atoms with Gasteiger partial charge in [0.05, 0.1) is 18.8 Å². The molecule has 5 heteroatoms. The highest BCUT2D eigenvalue weighted by molar-refractivity contribution is 5.74. The number of carbonyl (C=O) groups is 1. The first-order valence-electron chi connectivity index (χ1n) is 8.42. The molecule has 0 aromatic heterocycles. The van der Waals surface area contributed by atoms with Crippen LogP contribution in [0.3, 0.4) is 0 Å². The Balaban J connectivity index is 1.65. The largest absolute Gasteiger partial charge is 0.373 e. The number of hydrogen-bond acceptors (Lipinski definition) is 3. The number of nitrogens with zero attached hydrogens (tertiary/aromatic N) is 2. The lowest BCUT2D eigenvalue weighted by atomic mass is 9.93. The third-order valence-corrected chi connectivity index (χ3v) is 4.59. The monoisotopic (exact) mass is 307 g/mol. The fourth-order valence-electron chi connectivity index (χ4n) is 3.50. The molecule has 2 saturated heterocycles. The van der Waals surface area contributed by atoms with E-state index in [1.54, 1.807) is 0 Å². The third-order valence-electron chi connectivity index (χ3n) is 4.59. The number of amides is 2. The first-order chi connectivity index (χ1) is 10.6. The Bertz CT molecular complexity index is 389. The molecule has 2 aliphatic heterocycles. The molecule has 1 N–H and O–H groups in total. The van der Waals surface area contributed by atoms with Gasteiger partial charge in [0, 0.05) is 26.2 Å². The predicted octanol–water partition coefficient (Wildman–Crippen LogP) is 1.54. The van der Waals surface area contributed by atoms with Crippen molar-refractivity contribution in [2.24, 2.45) is 5.92 Å². The number of hydrogen-bond donors (Lipinski definition) is 1. The maximum atomic E-state index is 11.8. The minimum absolute atomic E-state index is 0.0211. The molecule has 22 heavy (non-hydrogen) atoms. The average Bonchev–Trinajstić information content (AvgIpc) is 2.50. The number of rotatable bonds is 4. The van der Waals surface area contributed by atoms with Gasteiger partial charge in [-0.2, -0.15) is 0 Å². The van der Waals surface area contributed by atoms with Crippen molar-refractivity contribution < 1.29 is 9.53 Å². The van der Waals surface area contributed by atoms with Crippen LogP contribution in [-0.2, 0) is 4.74 Å². The molecule has 2 aliphatic rings. The molecule has 0 aliphatic carbocycles. The molecule has 0 unspecified atom stereocenters. The fraction of sp³-hybridized carbons (Fsp3) is 0.824. The van der Waals surface area contributed by atoms with Crippen molar-refractivity contribution in [3.8, 4) is 12.3 Å². The lowest BCUT2D eigenvalue weighted by Crippen LogP contribution is -2.47. The highest BCUT2D eigenvalue weighted by atomic mass is 16.5. The van der Waals surface area contributed by atoms with Gasteiger partial charge in [0.1, 0.15) is 0 Å². The molecule has 0 bridgehead atoms. The minimum Gasteiger partial charge on any atom is -0.373 e. The Morgan fingerprint density at radius 3 is 2.50 bits per heavy atom. The van der Waals surface area contributed by atoms with Crippen molar-refractivity contribution in [2.45, 2.75) is 45.3 Å². The standard InChI is InChI=1S/C17H29N3O2/c1-4-8-18-17(21)20-10-6-16(7-11-20)5-9-19-12-14(2)22-15(3)13-19/h1,14-16H,5-13H2,2-3H3,(H,18,21)/t14-,15+. The van der Waals surface area contributed by atoms with E-state index in [4.69, 9.17) is 11.2 Å². The van der Waals surface area contributed by atoms with Crippen molar-refractivity contribution in [3.05, 3.63) is 0 Å². The zero-order valence-electron chi connectivity index (χ0n) is 13.9. The van der Waals surface area contributed by atoms with Crippen LogP contribution in [0.15, 0.2) is 0 Å². The number of morpholine rings is 1. The van der Waals surface area contributed by atoms with Gasteiger partial charge in [-0.1, -0.05) is 5.92 Å². The SMILES string of the molecule is C#CCNC(=O)N1CCC(CCN2C[C@@H](C)O[C@@H](C)C2)CC1. The maximum absolute atomic E-state index is 11.8. The van der Waals surface area contributed by atoms with Gasteiger partial charge in [-0.3, -0.25) is 4.90 Å². The van der Waals surface area contributed by atoms with E-state index in [1.807, 2.05) is 4.90 Å². The van der Waals surface area contributed by atoms with Gasteiger partial charge >= 0.3 is 6.03 Å². The fourth-order valence-corrected chi connectivity index (χ4v) is 3.50. The van der Waals surface area contributed by atoms with E-state index in [-0.39, 0.29) is 6.03 Å². The number of nitrogens with one attached hydrogen (secondary N) is 1. The molecule has 2 amide bonds. The van der Waals surface area contributed by atoms with Crippen LogP contribution in [0.1, 0.15) is 33.1 Å². The average molecular weight is 307 g/mol. The number of urea groups is 1. The number of terminal acetylenes is 1. The Morgan fingerprint density at radius 2 is 1.91 bits per heavy atom. The zero-order valence-corrected chi connectivity index (χ0v) is 13.9. The van der Waals surface area contributed by atoms with Crippen LogP contribution < -0.4 is 5.32 Å². The number of ether oxygens (including phenoxy) is 1. The van der Waals surface area contributed by atoms with Gasteiger partial charge < -0.3 is 15.0 Å². The second-order valence-electron chi connectivity index (χ2n) is 6.60. The van der Waals surface area contributed by atoms with E-state index in [1.165, 1.54) is 6.42 Å². The molecule has 0 aromatic rings. The van der Waals surface area contributed by atoms with Gasteiger partial charge in [-0.05, 0) is 45.6 Å². The van der Waals surface area contributed by atoms with Crippen LogP contribution in [0.25, 0.3) is 0 Å². The molecule has 2 fully saturated rings. The molecule has 0 aromatic carbocycles. The molecule has 0 saturated carbocycles. The van der Waals surface area contributed by atoms with Crippen LogP contribution >= 0.6 is 0 Å². The zero-order chi connectivity index (χ0) is 15.9. The molecule has 2 heterocycles. The highest BCUT2D eigenvalue weighted by Gasteiger charge is 2.25. The van der Waals surface area contributed by atoms with E-state index in [0.717, 1.165) is 51.5 Å². The molecule has 0 radical (unpaired) electrons. The highest BCUT2D eigenvalue weighted by Crippen LogP contribution is 2.22. The topological polar surface area (TPSA) is 44.8 Å². The van der Waals surface area contributed by atoms with Crippen LogP contribution in [0.2, 0.25) is 0 Å². The van der Waals surface area contributed by atoms with Crippen LogP contribution in [-0.4, -0.2) is 67.3 Å². The molecular formula is C17H29N3O2. The number of piperidine rings is 1. The first-order valence-corrected chi connectivity index (χ1v) is 8.42. The van der Waals surface area contributed by atoms with Crippen LogP contribution in [0.5, 0.6) is 0 Å². The summed E-state index contributed by atoms with van der Waals surface area (Å²) in [5, 5.41) is 2.74. The quantitative estimate of drug-likeness (QED) is 0.801. The Kier molecular flexibility index (Phi) is 6.53. The van der Waals surface area contributed by atoms with E-state index in [9.17, 15) is 4.79 Å². The lowest BCUT2D eigenvalue weighted by Gasteiger charge is -2.37. The number of carbonyl (C=O) groups excluding carboxylic acids is 1. The molecule has 2 atom stereocenters. The molecular weight excluding hydrogens is 278 g/mol. The van der Waals surface area contributed by atoms with Gasteiger partial charge in [-0.25, -0.2) is 4.79 Å². The van der Waals surface area contributed by atoms with Crippen molar-refractivity contribution in [1.29, 1.82) is 0 Å². The molecule has 0 spiro atoms. The Morgan fingerprint density at radius 1 is 1.27 bits per heavy atom. The van der Waals surface area contributed by atoms with E-state index < -0.39 is 0 Å². The predicted molar refractivity (Wildman–Crippen MR) is 87.6 cm³/mol. The number of likely N-dealkylation sites (tertiary alicyclic amines) is 1. The summed E-state index contributed by atoms with van der Waals surface area (Å²) < 4.78 is 5.77. The van der Waals surface area contributed by atoms with Gasteiger partial charge in [-0.15, -0.1) is 6.42 Å². The Labute approximate surface area is 134 Å². The summed E-state index contributed by atoms with van der Waals surface area (Å²) >= 11 is 0. The lowest BCUT2D eigenvalue weighted by molar-refractivity contribution is -0.0692. The van der Waals surface area contributed by atoms with Crippen LogP contribution in [0, 0.1) is 18.3 Å². The first kappa shape index (κ1) is 17.1. The van der Waals surface area contributed by atoms with Gasteiger partial charge in [0.15, 0.2) is 0 Å². The van der Waals surface area contributed by atoms with Crippen LogP contribution in [0.4, 0.5) is 4.79 Å². The summed E-state index contributed by atoms with van der Waals surface area (Å²) in [7, 11) is 0. The Hall–Kier alpha value is -1.25. The molecule has 124 valence electrons. The summed E-state index contributed by atoms with van der Waals surface area (Å²) in [5.41, 5.74) is 0. The summed E-state index contributed by atoms with van der Waals surface area (Å²) in [4.78, 5) is 16.2. The summed E-state index contributed by atoms with van der Waals surface area (Å²) in [5.74, 6) is 3.16. The summed E-state index contributed by atoms with van der Waals surface area (Å²) in [6, 6.07) is -0.0211. The van der Waals surface area contributed by atoms with Crippen molar-refractivity contribution in [3.63, 3.8) is 0 Å². The maximum Gasteiger partial charge on any atom is 0.318 e.